The summed E-state index contributed by atoms with van der Waals surface area (Å²) in [6.45, 7) is 2.12. The summed E-state index contributed by atoms with van der Waals surface area (Å²) in [4.78, 5) is 11.6. The van der Waals surface area contributed by atoms with E-state index < -0.39 is 0 Å². The van der Waals surface area contributed by atoms with E-state index in [9.17, 15) is 4.79 Å². The van der Waals surface area contributed by atoms with Gasteiger partial charge in [0.2, 0.25) is 5.91 Å². The highest BCUT2D eigenvalue weighted by molar-refractivity contribution is 9.10. The first-order chi connectivity index (χ1) is 10.1. The van der Waals surface area contributed by atoms with Crippen LogP contribution >= 0.6 is 31.9 Å². The van der Waals surface area contributed by atoms with Gasteiger partial charge in [0.15, 0.2) is 0 Å². The molecule has 0 aliphatic carbocycles. The van der Waals surface area contributed by atoms with Crippen LogP contribution in [0, 0.1) is 6.92 Å². The third kappa shape index (κ3) is 2.92. The highest BCUT2D eigenvalue weighted by Gasteiger charge is 2.19. The van der Waals surface area contributed by atoms with Crippen LogP contribution in [-0.4, -0.2) is 5.91 Å². The fourth-order valence-electron chi connectivity index (χ4n) is 2.64. The molecular weight excluding hydrogens is 394 g/mol. The summed E-state index contributed by atoms with van der Waals surface area (Å²) in [5, 5.41) is 2.92. The van der Waals surface area contributed by atoms with Crippen LogP contribution in [0.4, 0.5) is 5.69 Å². The Hall–Kier alpha value is -1.13. The van der Waals surface area contributed by atoms with Gasteiger partial charge in [-0.3, -0.25) is 4.79 Å². The molecule has 0 radical (unpaired) electrons. The lowest BCUT2D eigenvalue weighted by Crippen LogP contribution is -2.19. The maximum absolute atomic E-state index is 11.4. The number of hydrogen-bond donors (Lipinski definition) is 1. The van der Waals surface area contributed by atoms with Gasteiger partial charge in [-0.05, 0) is 47.7 Å². The molecule has 0 bridgehead atoms. The van der Waals surface area contributed by atoms with Crippen molar-refractivity contribution < 1.29 is 4.79 Å². The number of aryl methyl sites for hydroxylation is 1. The Labute approximate surface area is 141 Å². The summed E-state index contributed by atoms with van der Waals surface area (Å²) in [7, 11) is 0. The Balaban J connectivity index is 1.97. The van der Waals surface area contributed by atoms with E-state index in [0.29, 0.717) is 6.42 Å². The van der Waals surface area contributed by atoms with Crippen molar-refractivity contribution in [1.82, 2.24) is 0 Å². The van der Waals surface area contributed by atoms with Crippen molar-refractivity contribution in [3.63, 3.8) is 0 Å². The smallest absolute Gasteiger partial charge is 0.224 e. The number of nitrogens with one attached hydrogen (secondary N) is 1. The topological polar surface area (TPSA) is 29.1 Å². The number of halogens is 2. The molecule has 2 nitrogen and oxygen atoms in total. The Morgan fingerprint density at radius 3 is 2.81 bits per heavy atom. The number of fused-ring (bicyclic) bond motifs is 1. The van der Waals surface area contributed by atoms with Crippen LogP contribution in [-0.2, 0) is 11.2 Å². The molecule has 3 rings (SSSR count). The first-order valence-electron chi connectivity index (χ1n) is 6.88. The van der Waals surface area contributed by atoms with E-state index in [1.54, 1.807) is 0 Å². The molecule has 2 aromatic carbocycles. The fraction of sp³-hybridized carbons (Fsp3) is 0.235. The maximum Gasteiger partial charge on any atom is 0.224 e. The van der Waals surface area contributed by atoms with E-state index in [1.807, 2.05) is 6.07 Å². The first kappa shape index (κ1) is 14.8. The molecule has 21 heavy (non-hydrogen) atoms. The molecule has 0 saturated heterocycles. The molecule has 1 unspecified atom stereocenters. The average Bonchev–Trinajstić information content (AvgIpc) is 2.49. The molecular formula is C17H15Br2NO. The normalized spacial score (nSPS) is 15.3. The number of amides is 1. The summed E-state index contributed by atoms with van der Waals surface area (Å²) >= 11 is 7.40. The predicted molar refractivity (Wildman–Crippen MR) is 93.0 cm³/mol. The van der Waals surface area contributed by atoms with Crippen LogP contribution in [0.3, 0.4) is 0 Å². The Kier molecular flexibility index (Phi) is 4.18. The molecule has 1 atom stereocenters. The van der Waals surface area contributed by atoms with Gasteiger partial charge in [-0.1, -0.05) is 56.1 Å². The van der Waals surface area contributed by atoms with Crippen molar-refractivity contribution in [3.8, 4) is 0 Å². The molecule has 4 heteroatoms. The van der Waals surface area contributed by atoms with Gasteiger partial charge in [-0.25, -0.2) is 0 Å². The minimum absolute atomic E-state index is 0.105. The molecule has 0 fully saturated rings. The second-order valence-electron chi connectivity index (χ2n) is 5.28. The highest BCUT2D eigenvalue weighted by atomic mass is 79.9. The minimum atomic E-state index is 0.105. The lowest BCUT2D eigenvalue weighted by atomic mass is 9.95. The number of carbonyl (C=O) groups is 1. The third-order valence-electron chi connectivity index (χ3n) is 3.90. The van der Waals surface area contributed by atoms with Gasteiger partial charge in [0, 0.05) is 16.6 Å². The molecule has 0 spiro atoms. The van der Waals surface area contributed by atoms with Gasteiger partial charge in [-0.15, -0.1) is 0 Å². The number of anilines is 1. The number of alkyl halides is 1. The number of benzene rings is 2. The van der Waals surface area contributed by atoms with Gasteiger partial charge in [0.05, 0.1) is 4.83 Å². The summed E-state index contributed by atoms with van der Waals surface area (Å²) in [5.41, 5.74) is 5.87. The SMILES string of the molecule is Cc1c(Br)cccc1C(Br)c1ccc2c(c1)CCC(=O)N2. The van der Waals surface area contributed by atoms with E-state index in [4.69, 9.17) is 0 Å². The first-order valence-corrected chi connectivity index (χ1v) is 8.59. The number of carbonyl (C=O) groups excluding carboxylic acids is 1. The zero-order valence-corrected chi connectivity index (χ0v) is 14.8. The van der Waals surface area contributed by atoms with Crippen molar-refractivity contribution in [2.45, 2.75) is 24.6 Å². The van der Waals surface area contributed by atoms with E-state index in [1.165, 1.54) is 22.3 Å². The number of rotatable bonds is 2. The average molecular weight is 409 g/mol. The largest absolute Gasteiger partial charge is 0.326 e. The van der Waals surface area contributed by atoms with Crippen molar-refractivity contribution >= 4 is 43.5 Å². The summed E-state index contributed by atoms with van der Waals surface area (Å²) < 4.78 is 1.12. The Morgan fingerprint density at radius 1 is 1.19 bits per heavy atom. The van der Waals surface area contributed by atoms with Gasteiger partial charge in [0.1, 0.15) is 0 Å². The molecule has 1 amide bonds. The quantitative estimate of drug-likeness (QED) is 0.686. The Bertz CT molecular complexity index is 712. The molecule has 1 aliphatic heterocycles. The monoisotopic (exact) mass is 407 g/mol. The van der Waals surface area contributed by atoms with Crippen LogP contribution in [0.15, 0.2) is 40.9 Å². The molecule has 0 aromatic heterocycles. The van der Waals surface area contributed by atoms with Crippen LogP contribution in [0.25, 0.3) is 0 Å². The fourth-order valence-corrected chi connectivity index (χ4v) is 3.80. The molecule has 0 saturated carbocycles. The Morgan fingerprint density at radius 2 is 2.00 bits per heavy atom. The van der Waals surface area contributed by atoms with E-state index in [-0.39, 0.29) is 10.7 Å². The third-order valence-corrected chi connectivity index (χ3v) is 5.78. The minimum Gasteiger partial charge on any atom is -0.326 e. The second-order valence-corrected chi connectivity index (χ2v) is 7.05. The lowest BCUT2D eigenvalue weighted by molar-refractivity contribution is -0.116. The van der Waals surface area contributed by atoms with Gasteiger partial charge in [-0.2, -0.15) is 0 Å². The molecule has 1 aliphatic rings. The summed E-state index contributed by atoms with van der Waals surface area (Å²) in [5.74, 6) is 0.105. The molecule has 1 N–H and O–H groups in total. The van der Waals surface area contributed by atoms with Gasteiger partial charge >= 0.3 is 0 Å². The summed E-state index contributed by atoms with van der Waals surface area (Å²) in [6.07, 6.45) is 1.38. The molecule has 1 heterocycles. The highest BCUT2D eigenvalue weighted by Crippen LogP contribution is 2.37. The van der Waals surface area contributed by atoms with Crippen molar-refractivity contribution in [3.05, 3.63) is 63.1 Å². The van der Waals surface area contributed by atoms with Crippen molar-refractivity contribution in [2.24, 2.45) is 0 Å². The molecule has 108 valence electrons. The van der Waals surface area contributed by atoms with Gasteiger partial charge < -0.3 is 5.32 Å². The van der Waals surface area contributed by atoms with Crippen LogP contribution in [0.2, 0.25) is 0 Å². The lowest BCUT2D eigenvalue weighted by Gasteiger charge is -2.20. The zero-order valence-electron chi connectivity index (χ0n) is 11.6. The van der Waals surface area contributed by atoms with E-state index in [2.05, 4.69) is 74.4 Å². The zero-order chi connectivity index (χ0) is 15.0. The number of hydrogen-bond acceptors (Lipinski definition) is 1. The van der Waals surface area contributed by atoms with E-state index in [0.717, 1.165) is 16.6 Å². The second kappa shape index (κ2) is 5.93. The standard InChI is InChI=1S/C17H15Br2NO/c1-10-13(3-2-4-14(10)18)17(19)12-5-7-15-11(9-12)6-8-16(21)20-15/h2-5,7,9,17H,6,8H2,1H3,(H,20,21). The summed E-state index contributed by atoms with van der Waals surface area (Å²) in [6, 6.07) is 12.5. The predicted octanol–water partition coefficient (Wildman–Crippen LogP) is 5.13. The van der Waals surface area contributed by atoms with Crippen molar-refractivity contribution in [2.75, 3.05) is 5.32 Å². The van der Waals surface area contributed by atoms with E-state index >= 15 is 0 Å². The van der Waals surface area contributed by atoms with Crippen LogP contribution in [0.1, 0.15) is 33.5 Å². The van der Waals surface area contributed by atoms with Crippen LogP contribution in [0.5, 0.6) is 0 Å². The van der Waals surface area contributed by atoms with Crippen LogP contribution < -0.4 is 5.32 Å². The molecule has 2 aromatic rings. The van der Waals surface area contributed by atoms with Crippen molar-refractivity contribution in [1.29, 1.82) is 0 Å². The van der Waals surface area contributed by atoms with Gasteiger partial charge in [0.25, 0.3) is 0 Å². The maximum atomic E-state index is 11.4.